The van der Waals surface area contributed by atoms with Crippen LogP contribution in [0.15, 0.2) is 12.1 Å². The van der Waals surface area contributed by atoms with E-state index in [1.807, 2.05) is 7.05 Å². The minimum Gasteiger partial charge on any atom is -0.324 e. The van der Waals surface area contributed by atoms with Crippen LogP contribution < -0.4 is 11.1 Å². The van der Waals surface area contributed by atoms with E-state index in [1.54, 1.807) is 0 Å². The Kier molecular flexibility index (Phi) is 4.30. The van der Waals surface area contributed by atoms with Crippen molar-refractivity contribution >= 4 is 0 Å². The molecule has 1 atom stereocenters. The van der Waals surface area contributed by atoms with Crippen LogP contribution in [0.2, 0.25) is 0 Å². The number of rotatable bonds is 4. The van der Waals surface area contributed by atoms with E-state index in [-0.39, 0.29) is 6.04 Å². The van der Waals surface area contributed by atoms with Gasteiger partial charge in [0, 0.05) is 6.04 Å². The molecule has 0 aliphatic rings. The third-order valence-electron chi connectivity index (χ3n) is 3.20. The lowest BCUT2D eigenvalue weighted by Crippen LogP contribution is -2.19. The maximum atomic E-state index is 6.16. The molecule has 0 amide bonds. The van der Waals surface area contributed by atoms with Crippen molar-refractivity contribution in [2.24, 2.45) is 5.73 Å². The number of benzene rings is 1. The van der Waals surface area contributed by atoms with E-state index in [2.05, 4.69) is 38.2 Å². The Labute approximate surface area is 92.9 Å². The van der Waals surface area contributed by atoms with Crippen LogP contribution in [0.4, 0.5) is 0 Å². The van der Waals surface area contributed by atoms with Gasteiger partial charge in [-0.3, -0.25) is 0 Å². The Morgan fingerprint density at radius 2 is 1.87 bits per heavy atom. The topological polar surface area (TPSA) is 38.0 Å². The van der Waals surface area contributed by atoms with Crippen molar-refractivity contribution in [3.8, 4) is 0 Å². The summed E-state index contributed by atoms with van der Waals surface area (Å²) in [7, 11) is 1.96. The molecule has 0 bridgehead atoms. The van der Waals surface area contributed by atoms with E-state index < -0.39 is 0 Å². The van der Waals surface area contributed by atoms with Crippen LogP contribution in [-0.4, -0.2) is 13.6 Å². The molecule has 0 fully saturated rings. The predicted octanol–water partition coefficient (Wildman–Crippen LogP) is 2.22. The van der Waals surface area contributed by atoms with Gasteiger partial charge in [-0.25, -0.2) is 0 Å². The van der Waals surface area contributed by atoms with Gasteiger partial charge in [0.05, 0.1) is 0 Å². The van der Waals surface area contributed by atoms with Crippen molar-refractivity contribution in [2.75, 3.05) is 13.6 Å². The Balaban J connectivity index is 2.90. The maximum Gasteiger partial charge on any atom is 0.0309 e. The molecule has 3 N–H and O–H groups in total. The summed E-state index contributed by atoms with van der Waals surface area (Å²) in [5, 5.41) is 3.13. The van der Waals surface area contributed by atoms with Gasteiger partial charge in [0.2, 0.25) is 0 Å². The minimum absolute atomic E-state index is 0.150. The number of nitrogens with one attached hydrogen (secondary N) is 1. The Hall–Kier alpha value is -0.860. The fourth-order valence-electron chi connectivity index (χ4n) is 1.83. The molecule has 0 radical (unpaired) electrons. The minimum atomic E-state index is 0.150. The molecule has 0 spiro atoms. The molecule has 1 unspecified atom stereocenters. The van der Waals surface area contributed by atoms with Gasteiger partial charge in [0.25, 0.3) is 0 Å². The van der Waals surface area contributed by atoms with E-state index in [1.165, 1.54) is 22.3 Å². The molecule has 0 saturated carbocycles. The number of nitrogens with two attached hydrogens (primary N) is 1. The summed E-state index contributed by atoms with van der Waals surface area (Å²) in [5.41, 5.74) is 11.5. The summed E-state index contributed by atoms with van der Waals surface area (Å²) in [5.74, 6) is 0. The fraction of sp³-hybridized carbons (Fsp3) is 0.538. The lowest BCUT2D eigenvalue weighted by molar-refractivity contribution is 0.612. The van der Waals surface area contributed by atoms with Gasteiger partial charge in [-0.1, -0.05) is 12.1 Å². The van der Waals surface area contributed by atoms with Crippen molar-refractivity contribution in [1.82, 2.24) is 5.32 Å². The van der Waals surface area contributed by atoms with Gasteiger partial charge in [-0.05, 0) is 63.0 Å². The maximum absolute atomic E-state index is 6.16. The Bertz CT molecular complexity index is 332. The molecule has 0 aromatic heterocycles. The second kappa shape index (κ2) is 5.29. The molecule has 0 aliphatic carbocycles. The lowest BCUT2D eigenvalue weighted by atomic mass is 9.93. The van der Waals surface area contributed by atoms with Gasteiger partial charge in [-0.15, -0.1) is 0 Å². The quantitative estimate of drug-likeness (QED) is 0.792. The highest BCUT2D eigenvalue weighted by Gasteiger charge is 2.10. The predicted molar refractivity (Wildman–Crippen MR) is 66.1 cm³/mol. The van der Waals surface area contributed by atoms with Gasteiger partial charge >= 0.3 is 0 Å². The first-order valence-electron chi connectivity index (χ1n) is 5.54. The highest BCUT2D eigenvalue weighted by Crippen LogP contribution is 2.23. The monoisotopic (exact) mass is 206 g/mol. The molecule has 1 aromatic carbocycles. The molecule has 0 aliphatic heterocycles. The largest absolute Gasteiger partial charge is 0.324 e. The first kappa shape index (κ1) is 12.2. The van der Waals surface area contributed by atoms with E-state index in [0.717, 1.165) is 13.0 Å². The summed E-state index contributed by atoms with van der Waals surface area (Å²) in [6.07, 6.45) is 0.986. The third-order valence-corrected chi connectivity index (χ3v) is 3.20. The summed E-state index contributed by atoms with van der Waals surface area (Å²) in [6, 6.07) is 4.48. The van der Waals surface area contributed by atoms with Crippen molar-refractivity contribution < 1.29 is 0 Å². The fourth-order valence-corrected chi connectivity index (χ4v) is 1.83. The first-order chi connectivity index (χ1) is 7.07. The highest BCUT2D eigenvalue weighted by molar-refractivity contribution is 5.40. The van der Waals surface area contributed by atoms with Crippen molar-refractivity contribution in [1.29, 1.82) is 0 Å². The summed E-state index contributed by atoms with van der Waals surface area (Å²) >= 11 is 0. The number of hydrogen-bond acceptors (Lipinski definition) is 2. The normalized spacial score (nSPS) is 12.9. The average molecular weight is 206 g/mol. The van der Waals surface area contributed by atoms with Crippen LogP contribution >= 0.6 is 0 Å². The lowest BCUT2D eigenvalue weighted by Gasteiger charge is -2.17. The van der Waals surface area contributed by atoms with Crippen LogP contribution in [0.3, 0.4) is 0 Å². The zero-order chi connectivity index (χ0) is 11.4. The molecule has 0 heterocycles. The Morgan fingerprint density at radius 3 is 2.47 bits per heavy atom. The van der Waals surface area contributed by atoms with E-state index >= 15 is 0 Å². The molecular weight excluding hydrogens is 184 g/mol. The smallest absolute Gasteiger partial charge is 0.0309 e. The molecule has 84 valence electrons. The van der Waals surface area contributed by atoms with E-state index in [0.29, 0.717) is 0 Å². The molecule has 2 heteroatoms. The zero-order valence-corrected chi connectivity index (χ0v) is 10.2. The molecule has 2 nitrogen and oxygen atoms in total. The summed E-state index contributed by atoms with van der Waals surface area (Å²) in [6.45, 7) is 7.44. The number of hydrogen-bond donors (Lipinski definition) is 2. The van der Waals surface area contributed by atoms with Crippen LogP contribution in [0, 0.1) is 20.8 Å². The molecular formula is C13H22N2. The zero-order valence-electron chi connectivity index (χ0n) is 10.2. The molecule has 1 aromatic rings. The van der Waals surface area contributed by atoms with Gasteiger partial charge in [0.1, 0.15) is 0 Å². The van der Waals surface area contributed by atoms with Crippen molar-refractivity contribution in [3.05, 3.63) is 34.4 Å². The third kappa shape index (κ3) is 2.80. The van der Waals surface area contributed by atoms with Crippen LogP contribution in [0.5, 0.6) is 0 Å². The molecule has 0 saturated heterocycles. The second-order valence-corrected chi connectivity index (χ2v) is 4.22. The van der Waals surface area contributed by atoms with Crippen LogP contribution in [-0.2, 0) is 0 Å². The van der Waals surface area contributed by atoms with E-state index in [9.17, 15) is 0 Å². The summed E-state index contributed by atoms with van der Waals surface area (Å²) < 4.78 is 0. The molecule has 15 heavy (non-hydrogen) atoms. The number of aryl methyl sites for hydroxylation is 1. The first-order valence-corrected chi connectivity index (χ1v) is 5.54. The van der Waals surface area contributed by atoms with Gasteiger partial charge in [0.15, 0.2) is 0 Å². The van der Waals surface area contributed by atoms with Crippen molar-refractivity contribution in [2.45, 2.75) is 33.2 Å². The van der Waals surface area contributed by atoms with Crippen molar-refractivity contribution in [3.63, 3.8) is 0 Å². The van der Waals surface area contributed by atoms with Crippen LogP contribution in [0.1, 0.15) is 34.7 Å². The molecule has 1 rings (SSSR count). The second-order valence-electron chi connectivity index (χ2n) is 4.22. The highest BCUT2D eigenvalue weighted by atomic mass is 14.8. The van der Waals surface area contributed by atoms with Gasteiger partial charge < -0.3 is 11.1 Å². The standard InChI is InChI=1S/C13H22N2/c1-9-5-6-12(11(3)10(9)2)13(14)7-8-15-4/h5-6,13,15H,7-8,14H2,1-4H3. The SMILES string of the molecule is CNCCC(N)c1ccc(C)c(C)c1C. The van der Waals surface area contributed by atoms with Crippen LogP contribution in [0.25, 0.3) is 0 Å². The van der Waals surface area contributed by atoms with Gasteiger partial charge in [-0.2, -0.15) is 0 Å². The average Bonchev–Trinajstić information content (AvgIpc) is 2.23. The summed E-state index contributed by atoms with van der Waals surface area (Å²) in [4.78, 5) is 0. The Morgan fingerprint density at radius 1 is 1.20 bits per heavy atom. The van der Waals surface area contributed by atoms with E-state index in [4.69, 9.17) is 5.73 Å².